The molecule has 1 saturated heterocycles. The lowest BCUT2D eigenvalue weighted by atomic mass is 10.2. The lowest BCUT2D eigenvalue weighted by Crippen LogP contribution is -2.27. The lowest BCUT2D eigenvalue weighted by molar-refractivity contribution is -0.221. The van der Waals surface area contributed by atoms with Crippen molar-refractivity contribution in [2.75, 3.05) is 24.3 Å². The maximum absolute atomic E-state index is 12.2. The standard InChI is InChI=1S/C15H24N5O14P3S2/c1-38-39-4-2-3-11(22)32-14-12-13(18-15(16)19-14)20(7-17-12)10-5-8(21)9(31-10)6-30-36(26,27)34-37(28,29)33-35(23,24)25/h7-10,21H,2-6H2,1H3,(H,26,27)(H,28,29)(H2,16,18,19)(H2,23,24,25)/p-1/t8-,9-,10-/m1/s1. The Morgan fingerprint density at radius 3 is 2.67 bits per heavy atom. The number of aliphatic hydroxyl groups is 1. The van der Waals surface area contributed by atoms with Gasteiger partial charge in [0.1, 0.15) is 12.3 Å². The van der Waals surface area contributed by atoms with Crippen molar-refractivity contribution >= 4 is 68.1 Å². The van der Waals surface area contributed by atoms with Crippen molar-refractivity contribution in [2.24, 2.45) is 0 Å². The van der Waals surface area contributed by atoms with Crippen LogP contribution in [0.15, 0.2) is 6.33 Å². The number of phosphoric ester groups is 1. The number of carbonyl (C=O) groups is 1. The van der Waals surface area contributed by atoms with Crippen LogP contribution in [0.5, 0.6) is 5.88 Å². The third-order valence-corrected chi connectivity index (χ3v) is 10.3. The van der Waals surface area contributed by atoms with Crippen molar-refractivity contribution in [1.29, 1.82) is 0 Å². The molecule has 0 bridgehead atoms. The molecule has 2 unspecified atom stereocenters. The zero-order valence-electron chi connectivity index (χ0n) is 19.7. The summed E-state index contributed by atoms with van der Waals surface area (Å²) in [4.78, 5) is 62.4. The molecule has 0 spiro atoms. The first kappa shape index (κ1) is 32.4. The first-order valence-corrected chi connectivity index (χ1v) is 17.8. The van der Waals surface area contributed by atoms with Crippen LogP contribution in [0.4, 0.5) is 5.95 Å². The predicted molar refractivity (Wildman–Crippen MR) is 133 cm³/mol. The molecule has 0 saturated carbocycles. The molecule has 220 valence electrons. The number of nitrogens with two attached hydrogens (primary N) is 1. The second-order valence-electron chi connectivity index (χ2n) is 7.57. The topological polar surface area (TPSA) is 288 Å². The van der Waals surface area contributed by atoms with Gasteiger partial charge in [-0.3, -0.25) is 13.9 Å². The summed E-state index contributed by atoms with van der Waals surface area (Å²) in [5, 5.41) is 10.3. The molecule has 5 atom stereocenters. The van der Waals surface area contributed by atoms with E-state index in [0.717, 1.165) is 5.75 Å². The molecule has 1 aliphatic heterocycles. The molecule has 2 aromatic rings. The minimum Gasteiger partial charge on any atom is -0.756 e. The molecule has 3 rings (SSSR count). The van der Waals surface area contributed by atoms with Gasteiger partial charge in [-0.1, -0.05) is 21.6 Å². The van der Waals surface area contributed by atoms with Gasteiger partial charge in [0.25, 0.3) is 13.7 Å². The number of fused-ring (bicyclic) bond motifs is 1. The van der Waals surface area contributed by atoms with E-state index in [2.05, 4.69) is 28.1 Å². The summed E-state index contributed by atoms with van der Waals surface area (Å²) in [6.45, 7) is -0.921. The van der Waals surface area contributed by atoms with E-state index in [1.54, 1.807) is 21.6 Å². The van der Waals surface area contributed by atoms with Gasteiger partial charge in [-0.25, -0.2) is 18.4 Å². The Morgan fingerprint density at radius 2 is 2.00 bits per heavy atom. The number of hydrogen-bond donors (Lipinski definition) is 5. The number of anilines is 1. The van der Waals surface area contributed by atoms with E-state index in [4.69, 9.17) is 25.0 Å². The quantitative estimate of drug-likeness (QED) is 0.0800. The second kappa shape index (κ2) is 13.2. The number of hydrogen-bond acceptors (Lipinski definition) is 17. The Hall–Kier alpha value is -1.15. The minimum atomic E-state index is -5.76. The average Bonchev–Trinajstić information content (AvgIpc) is 3.36. The minimum absolute atomic E-state index is 0.0649. The van der Waals surface area contributed by atoms with Gasteiger partial charge in [-0.15, -0.1) is 0 Å². The Balaban J connectivity index is 1.67. The van der Waals surface area contributed by atoms with Gasteiger partial charge in [0, 0.05) is 18.6 Å². The van der Waals surface area contributed by atoms with Crippen molar-refractivity contribution < 1.29 is 65.8 Å². The number of ether oxygens (including phenoxy) is 2. The van der Waals surface area contributed by atoms with Crippen LogP contribution < -0.4 is 15.4 Å². The summed E-state index contributed by atoms with van der Waals surface area (Å²) in [6.07, 6.45) is 0.101. The SMILES string of the molecule is CSSCCCC(=O)Oc1nc(N)nc2c1ncn2[C@H]1C[C@@H](O)[C@@H](COP(=O)([O-])OP(=O)(O)OP(=O)(O)O)O1. The van der Waals surface area contributed by atoms with Crippen LogP contribution in [0, 0.1) is 0 Å². The Morgan fingerprint density at radius 1 is 1.28 bits per heavy atom. The van der Waals surface area contributed by atoms with E-state index in [1.165, 1.54) is 10.9 Å². The highest BCUT2D eigenvalue weighted by Gasteiger charge is 2.40. The summed E-state index contributed by atoms with van der Waals surface area (Å²) in [6, 6.07) is 0. The lowest BCUT2D eigenvalue weighted by Gasteiger charge is -2.26. The van der Waals surface area contributed by atoms with Crippen LogP contribution in [-0.4, -0.2) is 76.1 Å². The van der Waals surface area contributed by atoms with Gasteiger partial charge in [0.15, 0.2) is 11.2 Å². The molecule has 0 radical (unpaired) electrons. The van der Waals surface area contributed by atoms with Gasteiger partial charge in [0.2, 0.25) is 5.95 Å². The molecule has 1 fully saturated rings. The average molecular weight is 654 g/mol. The zero-order chi connectivity index (χ0) is 29.0. The number of esters is 1. The Labute approximate surface area is 227 Å². The van der Waals surface area contributed by atoms with Crippen molar-refractivity contribution in [2.45, 2.75) is 37.7 Å². The number of carbonyl (C=O) groups excluding carboxylic acids is 1. The molecule has 2 aromatic heterocycles. The molecule has 6 N–H and O–H groups in total. The van der Waals surface area contributed by atoms with Gasteiger partial charge in [-0.05, 0) is 12.7 Å². The maximum atomic E-state index is 12.2. The molecule has 0 amide bonds. The van der Waals surface area contributed by atoms with Crippen molar-refractivity contribution in [3.05, 3.63) is 6.33 Å². The Kier molecular flexibility index (Phi) is 11.0. The summed E-state index contributed by atoms with van der Waals surface area (Å²) >= 11 is 0. The number of aliphatic hydroxyl groups excluding tert-OH is 1. The van der Waals surface area contributed by atoms with Crippen LogP contribution in [0.1, 0.15) is 25.5 Å². The molecule has 1 aliphatic rings. The first-order chi connectivity index (χ1) is 18.1. The predicted octanol–water partition coefficient (Wildman–Crippen LogP) is 0.465. The number of nitrogens with zero attached hydrogens (tertiary/aromatic N) is 4. The van der Waals surface area contributed by atoms with Crippen LogP contribution in [0.25, 0.3) is 11.2 Å². The van der Waals surface area contributed by atoms with E-state index in [-0.39, 0.29) is 35.8 Å². The van der Waals surface area contributed by atoms with E-state index in [1.807, 2.05) is 6.26 Å². The van der Waals surface area contributed by atoms with Gasteiger partial charge in [0.05, 0.1) is 19.0 Å². The smallest absolute Gasteiger partial charge is 0.487 e. The highest BCUT2D eigenvalue weighted by molar-refractivity contribution is 8.76. The third-order valence-electron chi connectivity index (χ3n) is 4.67. The highest BCUT2D eigenvalue weighted by Crippen LogP contribution is 2.65. The van der Waals surface area contributed by atoms with Crippen molar-refractivity contribution in [3.8, 4) is 5.88 Å². The van der Waals surface area contributed by atoms with Crippen molar-refractivity contribution in [3.63, 3.8) is 0 Å². The van der Waals surface area contributed by atoms with Gasteiger partial charge in [-0.2, -0.15) is 14.3 Å². The number of imidazole rings is 1. The molecular weight excluding hydrogens is 631 g/mol. The second-order valence-corrected chi connectivity index (χ2v) is 14.6. The van der Waals surface area contributed by atoms with E-state index < -0.39 is 54.5 Å². The Bertz CT molecular complexity index is 1330. The highest BCUT2D eigenvalue weighted by atomic mass is 33.1. The molecule has 0 aliphatic carbocycles. The number of rotatable bonds is 14. The van der Waals surface area contributed by atoms with Crippen LogP contribution in [0.3, 0.4) is 0 Å². The number of nitrogen functional groups attached to an aromatic ring is 1. The molecule has 19 nitrogen and oxygen atoms in total. The van der Waals surface area contributed by atoms with Crippen LogP contribution in [-0.2, 0) is 36.4 Å². The maximum Gasteiger partial charge on any atom is 0.487 e. The molecular formula is C15H23N5O14P3S2-. The van der Waals surface area contributed by atoms with Crippen LogP contribution in [0.2, 0.25) is 0 Å². The number of phosphoric acid groups is 3. The van der Waals surface area contributed by atoms with Crippen molar-refractivity contribution in [1.82, 2.24) is 19.5 Å². The fourth-order valence-electron chi connectivity index (χ4n) is 3.21. The zero-order valence-corrected chi connectivity index (χ0v) is 24.1. The largest absolute Gasteiger partial charge is 0.756 e. The first-order valence-electron chi connectivity index (χ1n) is 10.6. The fourth-order valence-corrected chi connectivity index (χ4v) is 7.48. The summed E-state index contributed by atoms with van der Waals surface area (Å²) in [7, 11) is -13.8. The van der Waals surface area contributed by atoms with E-state index in [0.29, 0.717) is 6.42 Å². The van der Waals surface area contributed by atoms with Gasteiger partial charge >= 0.3 is 21.6 Å². The van der Waals surface area contributed by atoms with E-state index >= 15 is 0 Å². The summed E-state index contributed by atoms with van der Waals surface area (Å²) in [5.41, 5.74) is 5.90. The van der Waals surface area contributed by atoms with Gasteiger partial charge < -0.3 is 44.4 Å². The third kappa shape index (κ3) is 9.72. The monoisotopic (exact) mass is 654 g/mol. The molecule has 3 heterocycles. The van der Waals surface area contributed by atoms with Crippen LogP contribution >= 0.6 is 45.1 Å². The number of aromatic nitrogens is 4. The molecule has 0 aromatic carbocycles. The normalized spacial score (nSPS) is 23.0. The molecule has 39 heavy (non-hydrogen) atoms. The fraction of sp³-hybridized carbons (Fsp3) is 0.600. The summed E-state index contributed by atoms with van der Waals surface area (Å²) < 4.78 is 57.7. The van der Waals surface area contributed by atoms with E-state index in [9.17, 15) is 33.4 Å². The molecule has 24 heteroatoms. The summed E-state index contributed by atoms with van der Waals surface area (Å²) in [5.74, 6) is -0.253.